The summed E-state index contributed by atoms with van der Waals surface area (Å²) < 4.78 is 4.47. The summed E-state index contributed by atoms with van der Waals surface area (Å²) in [6.45, 7) is 3.58. The van der Waals surface area contributed by atoms with Gasteiger partial charge in [-0.2, -0.15) is 0 Å². The largest absolute Gasteiger partial charge is 0.453 e. The first-order valence-corrected chi connectivity index (χ1v) is 5.84. The fourth-order valence-electron chi connectivity index (χ4n) is 1.42. The normalized spacial score (nSPS) is 10.7. The highest BCUT2D eigenvalue weighted by molar-refractivity contribution is 5.92. The van der Waals surface area contributed by atoms with Crippen molar-refractivity contribution >= 4 is 23.4 Å². The lowest BCUT2D eigenvalue weighted by atomic mass is 10.0. The van der Waals surface area contributed by atoms with Crippen molar-refractivity contribution in [2.45, 2.75) is 25.8 Å². The van der Waals surface area contributed by atoms with Gasteiger partial charge in [0.15, 0.2) is 0 Å². The lowest BCUT2D eigenvalue weighted by Gasteiger charge is -2.17. The topological polar surface area (TPSA) is 93.5 Å². The van der Waals surface area contributed by atoms with Crippen LogP contribution < -0.4 is 16.4 Å². The quantitative estimate of drug-likeness (QED) is 0.775. The minimum Gasteiger partial charge on any atom is -0.453 e. The molecule has 0 fully saturated rings. The van der Waals surface area contributed by atoms with Gasteiger partial charge in [0.1, 0.15) is 0 Å². The summed E-state index contributed by atoms with van der Waals surface area (Å²) in [5.41, 5.74) is 6.45. The number of rotatable bonds is 4. The second kappa shape index (κ2) is 6.19. The predicted octanol–water partition coefficient (Wildman–Crippen LogP) is 1.93. The Morgan fingerprint density at radius 3 is 2.05 bits per heavy atom. The van der Waals surface area contributed by atoms with Crippen molar-refractivity contribution in [1.29, 1.82) is 0 Å². The summed E-state index contributed by atoms with van der Waals surface area (Å²) in [4.78, 5) is 22.6. The van der Waals surface area contributed by atoms with Gasteiger partial charge < -0.3 is 15.8 Å². The van der Waals surface area contributed by atoms with E-state index in [1.165, 1.54) is 7.11 Å². The Hall–Kier alpha value is -2.08. The molecule has 0 unspecified atom stereocenters. The maximum Gasteiger partial charge on any atom is 0.411 e. The highest BCUT2D eigenvalue weighted by Gasteiger charge is 2.16. The van der Waals surface area contributed by atoms with Gasteiger partial charge in [0, 0.05) is 23.3 Å². The fourth-order valence-corrected chi connectivity index (χ4v) is 1.42. The molecule has 0 saturated heterocycles. The van der Waals surface area contributed by atoms with Crippen LogP contribution in [0.5, 0.6) is 0 Å². The first kappa shape index (κ1) is 15.0. The van der Waals surface area contributed by atoms with E-state index in [9.17, 15) is 9.59 Å². The van der Waals surface area contributed by atoms with E-state index in [1.807, 2.05) is 0 Å². The van der Waals surface area contributed by atoms with Gasteiger partial charge >= 0.3 is 6.09 Å². The molecule has 1 aromatic rings. The average Bonchev–Trinajstić information content (AvgIpc) is 2.29. The van der Waals surface area contributed by atoms with Crippen LogP contribution in [0, 0.1) is 0 Å². The zero-order valence-corrected chi connectivity index (χ0v) is 11.3. The van der Waals surface area contributed by atoms with Crippen LogP contribution in [0.2, 0.25) is 0 Å². The van der Waals surface area contributed by atoms with E-state index < -0.39 is 11.6 Å². The van der Waals surface area contributed by atoms with E-state index in [0.29, 0.717) is 11.4 Å². The monoisotopic (exact) mass is 265 g/mol. The third kappa shape index (κ3) is 5.87. The molecule has 0 aliphatic heterocycles. The molecule has 0 aliphatic rings. The van der Waals surface area contributed by atoms with Crippen LogP contribution >= 0.6 is 0 Å². The van der Waals surface area contributed by atoms with E-state index in [4.69, 9.17) is 5.73 Å². The van der Waals surface area contributed by atoms with E-state index >= 15 is 0 Å². The van der Waals surface area contributed by atoms with E-state index in [-0.39, 0.29) is 12.3 Å². The Morgan fingerprint density at radius 1 is 1.16 bits per heavy atom. The van der Waals surface area contributed by atoms with Gasteiger partial charge in [-0.25, -0.2) is 4.79 Å². The number of hydrogen-bond donors (Lipinski definition) is 3. The zero-order valence-electron chi connectivity index (χ0n) is 11.3. The van der Waals surface area contributed by atoms with Crippen molar-refractivity contribution in [3.05, 3.63) is 24.3 Å². The maximum atomic E-state index is 11.7. The van der Waals surface area contributed by atoms with Crippen molar-refractivity contribution in [2.24, 2.45) is 5.73 Å². The van der Waals surface area contributed by atoms with E-state index in [1.54, 1.807) is 38.1 Å². The molecule has 6 nitrogen and oxygen atoms in total. The van der Waals surface area contributed by atoms with Crippen LogP contribution in [0.4, 0.5) is 16.2 Å². The van der Waals surface area contributed by atoms with Crippen LogP contribution in [0.1, 0.15) is 20.3 Å². The predicted molar refractivity (Wildman–Crippen MR) is 74.0 cm³/mol. The molecular formula is C13H19N3O3. The molecule has 6 heteroatoms. The van der Waals surface area contributed by atoms with Crippen LogP contribution in [0.15, 0.2) is 24.3 Å². The van der Waals surface area contributed by atoms with Gasteiger partial charge in [-0.1, -0.05) is 0 Å². The number of anilines is 2. The highest BCUT2D eigenvalue weighted by atomic mass is 16.5. The highest BCUT2D eigenvalue weighted by Crippen LogP contribution is 2.15. The van der Waals surface area contributed by atoms with Gasteiger partial charge in [-0.3, -0.25) is 10.1 Å². The van der Waals surface area contributed by atoms with Crippen LogP contribution in [-0.4, -0.2) is 24.6 Å². The van der Waals surface area contributed by atoms with Gasteiger partial charge in [-0.05, 0) is 38.1 Å². The number of ether oxygens (including phenoxy) is 1. The number of benzene rings is 1. The maximum absolute atomic E-state index is 11.7. The second-order valence-corrected chi connectivity index (χ2v) is 4.91. The van der Waals surface area contributed by atoms with Crippen molar-refractivity contribution < 1.29 is 14.3 Å². The second-order valence-electron chi connectivity index (χ2n) is 4.91. The third-order valence-electron chi connectivity index (χ3n) is 2.22. The fraction of sp³-hybridized carbons (Fsp3) is 0.385. The van der Waals surface area contributed by atoms with Gasteiger partial charge in [-0.15, -0.1) is 0 Å². The van der Waals surface area contributed by atoms with Crippen molar-refractivity contribution in [3.8, 4) is 0 Å². The van der Waals surface area contributed by atoms with Crippen LogP contribution in [0.3, 0.4) is 0 Å². The number of nitrogens with two attached hydrogens (primary N) is 1. The molecule has 0 aliphatic carbocycles. The average molecular weight is 265 g/mol. The molecule has 19 heavy (non-hydrogen) atoms. The molecule has 0 bridgehead atoms. The zero-order chi connectivity index (χ0) is 14.5. The van der Waals surface area contributed by atoms with Crippen molar-refractivity contribution in [3.63, 3.8) is 0 Å². The molecule has 0 spiro atoms. The molecule has 1 aromatic carbocycles. The van der Waals surface area contributed by atoms with Crippen molar-refractivity contribution in [2.75, 3.05) is 17.7 Å². The molecule has 104 valence electrons. The third-order valence-corrected chi connectivity index (χ3v) is 2.22. The molecule has 0 heterocycles. The number of amides is 2. The van der Waals surface area contributed by atoms with Crippen LogP contribution in [-0.2, 0) is 9.53 Å². The first-order chi connectivity index (χ1) is 8.80. The Kier molecular flexibility index (Phi) is 4.88. The summed E-state index contributed by atoms with van der Waals surface area (Å²) in [6.07, 6.45) is -0.309. The number of methoxy groups -OCH3 is 1. The Morgan fingerprint density at radius 2 is 1.63 bits per heavy atom. The molecule has 0 radical (unpaired) electrons. The molecular weight excluding hydrogens is 246 g/mol. The summed E-state index contributed by atoms with van der Waals surface area (Å²) in [5, 5.41) is 5.25. The molecule has 4 N–H and O–H groups in total. The van der Waals surface area contributed by atoms with Gasteiger partial charge in [0.25, 0.3) is 0 Å². The lowest BCUT2D eigenvalue weighted by Crippen LogP contribution is -2.36. The minimum atomic E-state index is -0.545. The standard InChI is InChI=1S/C13H19N3O3/c1-13(2,14)8-11(17)15-9-4-6-10(7-5-9)16-12(18)19-3/h4-7H,8,14H2,1-3H3,(H,15,17)(H,16,18). The SMILES string of the molecule is COC(=O)Nc1ccc(NC(=O)CC(C)(C)N)cc1. The minimum absolute atomic E-state index is 0.152. The van der Waals surface area contributed by atoms with Gasteiger partial charge in [0.05, 0.1) is 7.11 Å². The molecule has 0 saturated carbocycles. The van der Waals surface area contributed by atoms with E-state index in [2.05, 4.69) is 15.4 Å². The number of carbonyl (C=O) groups is 2. The molecule has 0 aromatic heterocycles. The number of nitrogens with one attached hydrogen (secondary N) is 2. The number of carbonyl (C=O) groups excluding carboxylic acids is 2. The first-order valence-electron chi connectivity index (χ1n) is 5.84. The lowest BCUT2D eigenvalue weighted by molar-refractivity contribution is -0.117. The Bertz CT molecular complexity index is 449. The summed E-state index contributed by atoms with van der Waals surface area (Å²) in [7, 11) is 1.29. The number of hydrogen-bond acceptors (Lipinski definition) is 4. The van der Waals surface area contributed by atoms with Gasteiger partial charge in [0.2, 0.25) is 5.91 Å². The summed E-state index contributed by atoms with van der Waals surface area (Å²) >= 11 is 0. The van der Waals surface area contributed by atoms with Crippen molar-refractivity contribution in [1.82, 2.24) is 0 Å². The molecule has 2 amide bonds. The van der Waals surface area contributed by atoms with E-state index in [0.717, 1.165) is 0 Å². The Balaban J connectivity index is 2.57. The summed E-state index contributed by atoms with van der Waals surface area (Å²) in [5.74, 6) is -0.152. The molecule has 0 atom stereocenters. The molecule has 1 rings (SSSR count). The summed E-state index contributed by atoms with van der Waals surface area (Å²) in [6, 6.07) is 6.71. The van der Waals surface area contributed by atoms with Crippen LogP contribution in [0.25, 0.3) is 0 Å². The Labute approximate surface area is 112 Å². The smallest absolute Gasteiger partial charge is 0.411 e.